The summed E-state index contributed by atoms with van der Waals surface area (Å²) in [4.78, 5) is 2.41. The molecule has 2 fully saturated rings. The summed E-state index contributed by atoms with van der Waals surface area (Å²) in [6.07, 6.45) is 5.76. The lowest BCUT2D eigenvalue weighted by Crippen LogP contribution is -2.35. The summed E-state index contributed by atoms with van der Waals surface area (Å²) in [5.74, 6) is 2.80. The first-order valence-corrected chi connectivity index (χ1v) is 8.69. The van der Waals surface area contributed by atoms with Crippen LogP contribution < -0.4 is 5.73 Å². The zero-order valence-electron chi connectivity index (χ0n) is 12.6. The molecule has 0 aliphatic heterocycles. The van der Waals surface area contributed by atoms with Crippen molar-refractivity contribution in [1.82, 2.24) is 4.90 Å². The summed E-state index contributed by atoms with van der Waals surface area (Å²) in [6, 6.07) is 6.09. The molecule has 2 saturated carbocycles. The van der Waals surface area contributed by atoms with Gasteiger partial charge in [0.1, 0.15) is 0 Å². The number of hydrogen-bond donors (Lipinski definition) is 1. The van der Waals surface area contributed by atoms with Gasteiger partial charge >= 0.3 is 0 Å². The van der Waals surface area contributed by atoms with Crippen LogP contribution in [0.4, 0.5) is 0 Å². The summed E-state index contributed by atoms with van der Waals surface area (Å²) < 4.78 is 0. The van der Waals surface area contributed by atoms with Crippen LogP contribution in [0.5, 0.6) is 0 Å². The molecule has 0 spiro atoms. The highest BCUT2D eigenvalue weighted by Crippen LogP contribution is 2.48. The van der Waals surface area contributed by atoms with Crippen LogP contribution in [0.15, 0.2) is 18.2 Å². The fourth-order valence-electron chi connectivity index (χ4n) is 4.39. The fourth-order valence-corrected chi connectivity index (χ4v) is 4.69. The number of benzene rings is 1. The molecule has 4 unspecified atom stereocenters. The molecule has 4 atom stereocenters. The van der Waals surface area contributed by atoms with Gasteiger partial charge in [-0.05, 0) is 61.8 Å². The zero-order valence-corrected chi connectivity index (χ0v) is 14.1. The molecule has 0 saturated heterocycles. The third kappa shape index (κ3) is 3.24. The van der Waals surface area contributed by atoms with Gasteiger partial charge in [-0.25, -0.2) is 0 Å². The van der Waals surface area contributed by atoms with Gasteiger partial charge in [0.2, 0.25) is 0 Å². The molecule has 2 bridgehead atoms. The van der Waals surface area contributed by atoms with Crippen molar-refractivity contribution in [2.24, 2.45) is 23.5 Å². The molecule has 2 aliphatic carbocycles. The highest BCUT2D eigenvalue weighted by atomic mass is 35.5. The summed E-state index contributed by atoms with van der Waals surface area (Å²) in [7, 11) is 2.19. The molecular weight excluding hydrogens is 303 g/mol. The monoisotopic (exact) mass is 326 g/mol. The second-order valence-corrected chi connectivity index (χ2v) is 7.61. The van der Waals surface area contributed by atoms with E-state index < -0.39 is 0 Å². The molecule has 4 heteroatoms. The van der Waals surface area contributed by atoms with Crippen LogP contribution >= 0.6 is 23.2 Å². The first kappa shape index (κ1) is 15.6. The van der Waals surface area contributed by atoms with E-state index in [1.165, 1.54) is 25.7 Å². The number of hydrogen-bond acceptors (Lipinski definition) is 2. The number of nitrogens with two attached hydrogens (primary N) is 1. The number of halogens is 2. The molecule has 2 N–H and O–H groups in total. The van der Waals surface area contributed by atoms with Crippen molar-refractivity contribution >= 4 is 23.2 Å². The Labute approximate surface area is 137 Å². The predicted octanol–water partition coefficient (Wildman–Crippen LogP) is 4.36. The summed E-state index contributed by atoms with van der Waals surface area (Å²) >= 11 is 12.2. The van der Waals surface area contributed by atoms with Crippen LogP contribution in [0.3, 0.4) is 0 Å². The van der Waals surface area contributed by atoms with Gasteiger partial charge in [-0.15, -0.1) is 0 Å². The second kappa shape index (κ2) is 6.45. The van der Waals surface area contributed by atoms with E-state index in [4.69, 9.17) is 28.9 Å². The molecule has 0 heterocycles. The highest BCUT2D eigenvalue weighted by Gasteiger charge is 2.40. The first-order valence-electron chi connectivity index (χ1n) is 7.93. The van der Waals surface area contributed by atoms with Crippen molar-refractivity contribution in [2.75, 3.05) is 20.1 Å². The maximum absolute atomic E-state index is 6.15. The van der Waals surface area contributed by atoms with Gasteiger partial charge < -0.3 is 5.73 Å². The smallest absolute Gasteiger partial charge is 0.0595 e. The van der Waals surface area contributed by atoms with Crippen molar-refractivity contribution in [3.63, 3.8) is 0 Å². The van der Waals surface area contributed by atoms with Crippen molar-refractivity contribution < 1.29 is 0 Å². The van der Waals surface area contributed by atoms with E-state index in [9.17, 15) is 0 Å². The Kier molecular flexibility index (Phi) is 4.80. The molecule has 2 nitrogen and oxygen atoms in total. The number of fused-ring (bicyclic) bond motifs is 2. The average Bonchev–Trinajstić information content (AvgIpc) is 3.06. The van der Waals surface area contributed by atoms with Crippen LogP contribution in [-0.4, -0.2) is 25.0 Å². The lowest BCUT2D eigenvalue weighted by molar-refractivity contribution is 0.176. The van der Waals surface area contributed by atoms with Gasteiger partial charge in [0.05, 0.1) is 10.0 Å². The molecule has 2 aliphatic rings. The normalized spacial score (nSPS) is 29.3. The van der Waals surface area contributed by atoms with E-state index in [0.29, 0.717) is 16.6 Å². The number of nitrogens with zero attached hydrogens (tertiary/aromatic N) is 1. The largest absolute Gasteiger partial charge is 0.329 e. The molecule has 0 radical (unpaired) electrons. The van der Waals surface area contributed by atoms with Crippen molar-refractivity contribution in [1.29, 1.82) is 0 Å². The van der Waals surface area contributed by atoms with Crippen molar-refractivity contribution in [2.45, 2.75) is 31.7 Å². The molecule has 21 heavy (non-hydrogen) atoms. The quantitative estimate of drug-likeness (QED) is 0.870. The Bertz CT molecular complexity index is 506. The van der Waals surface area contributed by atoms with E-state index >= 15 is 0 Å². The average molecular weight is 327 g/mol. The van der Waals surface area contributed by atoms with Gasteiger partial charge in [0, 0.05) is 19.1 Å². The summed E-state index contributed by atoms with van der Waals surface area (Å²) in [5.41, 5.74) is 7.19. The van der Waals surface area contributed by atoms with Gasteiger partial charge in [-0.1, -0.05) is 35.7 Å². The third-order valence-corrected chi connectivity index (χ3v) is 6.23. The van der Waals surface area contributed by atoms with Crippen LogP contribution in [-0.2, 0) is 0 Å². The minimum absolute atomic E-state index is 0.221. The van der Waals surface area contributed by atoms with E-state index in [1.54, 1.807) is 0 Å². The van der Waals surface area contributed by atoms with Crippen LogP contribution in [0, 0.1) is 17.8 Å². The Hall–Kier alpha value is -0.280. The Morgan fingerprint density at radius 3 is 2.62 bits per heavy atom. The first-order chi connectivity index (χ1) is 10.1. The fraction of sp³-hybridized carbons (Fsp3) is 0.647. The van der Waals surface area contributed by atoms with E-state index in [2.05, 4.69) is 11.9 Å². The summed E-state index contributed by atoms with van der Waals surface area (Å²) in [6.45, 7) is 1.75. The maximum Gasteiger partial charge on any atom is 0.0595 e. The molecule has 1 aromatic rings. The topological polar surface area (TPSA) is 29.3 Å². The van der Waals surface area contributed by atoms with E-state index in [1.807, 2.05) is 18.2 Å². The lowest BCUT2D eigenvalue weighted by atomic mass is 9.88. The zero-order chi connectivity index (χ0) is 15.0. The summed E-state index contributed by atoms with van der Waals surface area (Å²) in [5, 5.41) is 1.22. The molecule has 116 valence electrons. The predicted molar refractivity (Wildman–Crippen MR) is 89.8 cm³/mol. The molecule has 1 aromatic carbocycles. The molecular formula is C17H24Cl2N2. The van der Waals surface area contributed by atoms with Gasteiger partial charge in [-0.3, -0.25) is 4.90 Å². The highest BCUT2D eigenvalue weighted by molar-refractivity contribution is 6.42. The Morgan fingerprint density at radius 1 is 1.24 bits per heavy atom. The van der Waals surface area contributed by atoms with Crippen LogP contribution in [0.1, 0.15) is 37.3 Å². The van der Waals surface area contributed by atoms with Gasteiger partial charge in [-0.2, -0.15) is 0 Å². The second-order valence-electron chi connectivity index (χ2n) is 6.80. The number of rotatable bonds is 5. The van der Waals surface area contributed by atoms with E-state index in [0.717, 1.165) is 29.9 Å². The van der Waals surface area contributed by atoms with Crippen LogP contribution in [0.25, 0.3) is 0 Å². The van der Waals surface area contributed by atoms with E-state index in [-0.39, 0.29) is 6.04 Å². The standard InChI is InChI=1S/C17H24Cl2N2/c1-21(10-14-7-11-2-3-12(14)6-11)17(9-20)13-4-5-15(18)16(19)8-13/h4-5,8,11-12,14,17H,2-3,6-7,9-10,20H2,1H3. The molecule has 0 aromatic heterocycles. The molecule has 3 rings (SSSR count). The Morgan fingerprint density at radius 2 is 2.05 bits per heavy atom. The van der Waals surface area contributed by atoms with Gasteiger partial charge in [0.15, 0.2) is 0 Å². The SMILES string of the molecule is CN(CC1CC2CCC1C2)C(CN)c1ccc(Cl)c(Cl)c1. The van der Waals surface area contributed by atoms with Crippen molar-refractivity contribution in [3.05, 3.63) is 33.8 Å². The minimum atomic E-state index is 0.221. The van der Waals surface area contributed by atoms with Crippen LogP contribution in [0.2, 0.25) is 10.0 Å². The Balaban J connectivity index is 1.68. The maximum atomic E-state index is 6.15. The van der Waals surface area contributed by atoms with Gasteiger partial charge in [0.25, 0.3) is 0 Å². The molecule has 0 amide bonds. The van der Waals surface area contributed by atoms with Crippen molar-refractivity contribution in [3.8, 4) is 0 Å². The minimum Gasteiger partial charge on any atom is -0.329 e. The third-order valence-electron chi connectivity index (χ3n) is 5.49. The number of likely N-dealkylation sites (N-methyl/N-ethyl adjacent to an activating group) is 1. The lowest BCUT2D eigenvalue weighted by Gasteiger charge is -2.32.